The van der Waals surface area contributed by atoms with Crippen molar-refractivity contribution in [3.8, 4) is 0 Å². The first-order valence-corrected chi connectivity index (χ1v) is 13.8. The zero-order valence-electron chi connectivity index (χ0n) is 20.8. The van der Waals surface area contributed by atoms with Gasteiger partial charge in [-0.3, -0.25) is 9.59 Å². The molecule has 3 aromatic carbocycles. The van der Waals surface area contributed by atoms with Gasteiger partial charge in [-0.1, -0.05) is 73.0 Å². The van der Waals surface area contributed by atoms with Crippen LogP contribution >= 0.6 is 11.6 Å². The second kappa shape index (κ2) is 10.2. The van der Waals surface area contributed by atoms with Crippen LogP contribution in [0.1, 0.15) is 65.7 Å². The lowest BCUT2D eigenvalue weighted by atomic mass is 9.79. The van der Waals surface area contributed by atoms with E-state index in [-0.39, 0.29) is 41.8 Å². The summed E-state index contributed by atoms with van der Waals surface area (Å²) in [7, 11) is 0. The molecule has 3 aliphatic rings. The first-order chi connectivity index (χ1) is 18.1. The molecule has 0 bridgehead atoms. The van der Waals surface area contributed by atoms with Crippen molar-refractivity contribution in [3.63, 3.8) is 0 Å². The zero-order chi connectivity index (χ0) is 25.4. The van der Waals surface area contributed by atoms with Crippen molar-refractivity contribution in [2.24, 2.45) is 11.8 Å². The van der Waals surface area contributed by atoms with Crippen LogP contribution in [0.4, 0.5) is 5.69 Å². The van der Waals surface area contributed by atoms with Gasteiger partial charge in [-0.2, -0.15) is 0 Å². The lowest BCUT2D eigenvalue weighted by Crippen LogP contribution is -2.50. The Kier molecular flexibility index (Phi) is 6.64. The average molecular weight is 514 g/mol. The van der Waals surface area contributed by atoms with Crippen molar-refractivity contribution in [2.45, 2.75) is 50.2 Å². The van der Waals surface area contributed by atoms with Crippen molar-refractivity contribution in [3.05, 3.63) is 101 Å². The van der Waals surface area contributed by atoms with E-state index < -0.39 is 0 Å². The molecule has 6 rings (SSSR count). The highest BCUT2D eigenvalue weighted by molar-refractivity contribution is 6.30. The molecule has 2 heterocycles. The minimum atomic E-state index is -0.215. The number of rotatable bonds is 4. The fourth-order valence-electron chi connectivity index (χ4n) is 6.64. The van der Waals surface area contributed by atoms with Crippen LogP contribution in [0.2, 0.25) is 5.02 Å². The van der Waals surface area contributed by atoms with E-state index in [1.807, 2.05) is 54.6 Å². The Bertz CT molecular complexity index is 1280. The number of likely N-dealkylation sites (tertiary alicyclic amines) is 1. The second-order valence-electron chi connectivity index (χ2n) is 10.5. The third-order valence-corrected chi connectivity index (χ3v) is 8.63. The maximum Gasteiger partial charge on any atom is 0.251 e. The molecule has 2 aliphatic heterocycles. The van der Waals surface area contributed by atoms with Crippen molar-refractivity contribution in [1.82, 2.24) is 10.2 Å². The maximum atomic E-state index is 14.2. The molecule has 0 spiro atoms. The standard InChI is InChI=1S/C31H32ClN3O2/c32-22-15-16-27-25(19-22)29-24(28(33-27)20-9-3-1-4-10-20)17-18-35(29)31(37)23-13-7-8-14-26(23)34-30(36)21-11-5-2-6-12-21/h1-6,9-12,15-16,19,23-24,26,28-29,33H,7-8,13-14,17-18H2,(H,34,36)/t23-,24-,26+,28+,29-/m0/s1. The number of nitrogens with one attached hydrogen (secondary N) is 2. The third-order valence-electron chi connectivity index (χ3n) is 8.39. The Balaban J connectivity index is 1.30. The molecule has 0 aromatic heterocycles. The number of nitrogens with zero attached hydrogens (tertiary/aromatic N) is 1. The van der Waals surface area contributed by atoms with Crippen LogP contribution in [0, 0.1) is 11.8 Å². The summed E-state index contributed by atoms with van der Waals surface area (Å²) in [4.78, 5) is 29.3. The molecule has 6 heteroatoms. The molecular formula is C31H32ClN3O2. The number of hydrogen-bond donors (Lipinski definition) is 2. The molecule has 5 nitrogen and oxygen atoms in total. The molecule has 0 radical (unpaired) electrons. The van der Waals surface area contributed by atoms with E-state index >= 15 is 0 Å². The molecule has 2 amide bonds. The van der Waals surface area contributed by atoms with E-state index in [9.17, 15) is 9.59 Å². The maximum absolute atomic E-state index is 14.2. The highest BCUT2D eigenvalue weighted by Crippen LogP contribution is 2.52. The third kappa shape index (κ3) is 4.61. The van der Waals surface area contributed by atoms with Gasteiger partial charge >= 0.3 is 0 Å². The SMILES string of the molecule is O=C(N[C@@H]1CCCC[C@@H]1C(=O)N1CC[C@H]2[C@@H](c3ccccc3)Nc3ccc(Cl)cc3[C@H]21)c1ccccc1. The van der Waals surface area contributed by atoms with Crippen LogP contribution in [0.5, 0.6) is 0 Å². The van der Waals surface area contributed by atoms with Crippen molar-refractivity contribution in [1.29, 1.82) is 0 Å². The summed E-state index contributed by atoms with van der Waals surface area (Å²) in [6.07, 6.45) is 4.58. The summed E-state index contributed by atoms with van der Waals surface area (Å²) >= 11 is 6.46. The minimum Gasteiger partial charge on any atom is -0.378 e. The van der Waals surface area contributed by atoms with Gasteiger partial charge in [-0.15, -0.1) is 0 Å². The molecule has 2 N–H and O–H groups in total. The van der Waals surface area contributed by atoms with Gasteiger partial charge in [-0.05, 0) is 60.7 Å². The largest absolute Gasteiger partial charge is 0.378 e. The molecule has 37 heavy (non-hydrogen) atoms. The minimum absolute atomic E-state index is 0.0416. The van der Waals surface area contributed by atoms with Gasteiger partial charge in [-0.25, -0.2) is 0 Å². The van der Waals surface area contributed by atoms with Crippen LogP contribution in [0.15, 0.2) is 78.9 Å². The molecule has 2 fully saturated rings. The van der Waals surface area contributed by atoms with Crippen LogP contribution in [-0.4, -0.2) is 29.3 Å². The van der Waals surface area contributed by atoms with Crippen molar-refractivity contribution >= 4 is 29.1 Å². The fourth-order valence-corrected chi connectivity index (χ4v) is 6.82. The summed E-state index contributed by atoms with van der Waals surface area (Å²) in [6.45, 7) is 0.709. The van der Waals surface area contributed by atoms with E-state index in [2.05, 4.69) is 39.8 Å². The van der Waals surface area contributed by atoms with E-state index in [1.165, 1.54) is 5.56 Å². The summed E-state index contributed by atoms with van der Waals surface area (Å²) in [5.41, 5.74) is 4.00. The number of carbonyl (C=O) groups excluding carboxylic acids is 2. The first kappa shape index (κ1) is 24.1. The van der Waals surface area contributed by atoms with E-state index in [1.54, 1.807) is 0 Å². The van der Waals surface area contributed by atoms with E-state index in [0.29, 0.717) is 17.1 Å². The molecule has 1 aliphatic carbocycles. The van der Waals surface area contributed by atoms with Gasteiger partial charge in [0, 0.05) is 34.8 Å². The monoisotopic (exact) mass is 513 g/mol. The lowest BCUT2D eigenvalue weighted by molar-refractivity contribution is -0.138. The fraction of sp³-hybridized carbons (Fsp3) is 0.355. The van der Waals surface area contributed by atoms with Crippen molar-refractivity contribution < 1.29 is 9.59 Å². The molecule has 3 aromatic rings. The number of fused-ring (bicyclic) bond motifs is 3. The zero-order valence-corrected chi connectivity index (χ0v) is 21.5. The smallest absolute Gasteiger partial charge is 0.251 e. The number of amides is 2. The normalized spacial score (nSPS) is 26.5. The highest BCUT2D eigenvalue weighted by atomic mass is 35.5. The summed E-state index contributed by atoms with van der Waals surface area (Å²) in [5, 5.41) is 7.64. The van der Waals surface area contributed by atoms with Crippen molar-refractivity contribution in [2.75, 3.05) is 11.9 Å². The second-order valence-corrected chi connectivity index (χ2v) is 11.0. The van der Waals surface area contributed by atoms with Gasteiger partial charge in [0.25, 0.3) is 5.91 Å². The Morgan fingerprint density at radius 3 is 2.41 bits per heavy atom. The van der Waals surface area contributed by atoms with Gasteiger partial charge in [0.1, 0.15) is 0 Å². The molecule has 0 unspecified atom stereocenters. The molecular weight excluding hydrogens is 482 g/mol. The Hall–Kier alpha value is -3.31. The Morgan fingerprint density at radius 1 is 0.892 bits per heavy atom. The van der Waals surface area contributed by atoms with Crippen LogP contribution < -0.4 is 10.6 Å². The highest BCUT2D eigenvalue weighted by Gasteiger charge is 2.48. The van der Waals surface area contributed by atoms with Gasteiger partial charge < -0.3 is 15.5 Å². The topological polar surface area (TPSA) is 61.4 Å². The van der Waals surface area contributed by atoms with Crippen LogP contribution in [0.3, 0.4) is 0 Å². The molecule has 190 valence electrons. The van der Waals surface area contributed by atoms with Crippen LogP contribution in [-0.2, 0) is 4.79 Å². The summed E-state index contributed by atoms with van der Waals surface area (Å²) < 4.78 is 0. The summed E-state index contributed by atoms with van der Waals surface area (Å²) in [6, 6.07) is 25.7. The van der Waals surface area contributed by atoms with Crippen LogP contribution in [0.25, 0.3) is 0 Å². The van der Waals surface area contributed by atoms with Gasteiger partial charge in [0.2, 0.25) is 5.91 Å². The van der Waals surface area contributed by atoms with E-state index in [0.717, 1.165) is 43.4 Å². The number of halogens is 1. The molecule has 1 saturated carbocycles. The lowest BCUT2D eigenvalue weighted by Gasteiger charge is -2.42. The van der Waals surface area contributed by atoms with E-state index in [4.69, 9.17) is 11.6 Å². The number of benzene rings is 3. The molecule has 1 saturated heterocycles. The number of anilines is 1. The molecule has 5 atom stereocenters. The Labute approximate surface area is 223 Å². The predicted molar refractivity (Wildman–Crippen MR) is 146 cm³/mol. The quantitative estimate of drug-likeness (QED) is 0.425. The summed E-state index contributed by atoms with van der Waals surface area (Å²) in [5.74, 6) is 0.0871. The first-order valence-electron chi connectivity index (χ1n) is 13.4. The Morgan fingerprint density at radius 2 is 1.62 bits per heavy atom. The number of hydrogen-bond acceptors (Lipinski definition) is 3. The van der Waals surface area contributed by atoms with Gasteiger partial charge in [0.05, 0.1) is 18.0 Å². The average Bonchev–Trinajstić information content (AvgIpc) is 3.39. The predicted octanol–water partition coefficient (Wildman–Crippen LogP) is 6.39. The van der Waals surface area contributed by atoms with Gasteiger partial charge in [0.15, 0.2) is 0 Å². The number of carbonyl (C=O) groups is 2.